The summed E-state index contributed by atoms with van der Waals surface area (Å²) >= 11 is 0. The Morgan fingerprint density at radius 1 is 1.27 bits per heavy atom. The first-order valence-corrected chi connectivity index (χ1v) is 5.16. The molecule has 0 atom stereocenters. The Labute approximate surface area is 92.7 Å². The summed E-state index contributed by atoms with van der Waals surface area (Å²) in [6, 6.07) is 9.37. The second-order valence-corrected chi connectivity index (χ2v) is 3.09. The summed E-state index contributed by atoms with van der Waals surface area (Å²) < 4.78 is 4.57. The van der Waals surface area contributed by atoms with Gasteiger partial charge in [-0.05, 0) is 5.56 Å². The molecule has 1 aromatic carbocycles. The Morgan fingerprint density at radius 2 is 1.80 bits per heavy atom. The van der Waals surface area contributed by atoms with Gasteiger partial charge in [0.1, 0.15) is 6.61 Å². The standard InChI is InChI=1S/C8H9NO2.C4H10.H2/c9-8(10)11-6-7-4-2-1-3-5-7;1-3-4-2;/h1-5H,6H2,(H2,9,10);3-4H2,1-2H3;1H. The third-order valence-electron chi connectivity index (χ3n) is 1.72. The molecule has 0 aliphatic heterocycles. The summed E-state index contributed by atoms with van der Waals surface area (Å²) in [5.74, 6) is 0. The lowest BCUT2D eigenvalue weighted by Crippen LogP contribution is -2.12. The van der Waals surface area contributed by atoms with Gasteiger partial charge in [0.05, 0.1) is 0 Å². The van der Waals surface area contributed by atoms with Crippen molar-refractivity contribution in [1.82, 2.24) is 0 Å². The number of nitrogens with two attached hydrogens (primary N) is 1. The molecule has 3 nitrogen and oxygen atoms in total. The van der Waals surface area contributed by atoms with Crippen LogP contribution >= 0.6 is 0 Å². The van der Waals surface area contributed by atoms with E-state index >= 15 is 0 Å². The first-order chi connectivity index (χ1) is 7.20. The number of unbranched alkanes of at least 4 members (excludes halogenated alkanes) is 1. The Balaban J connectivity index is 0. The highest BCUT2D eigenvalue weighted by molar-refractivity contribution is 5.64. The average molecular weight is 211 g/mol. The van der Waals surface area contributed by atoms with E-state index in [4.69, 9.17) is 5.73 Å². The van der Waals surface area contributed by atoms with Crippen LogP contribution in [0.4, 0.5) is 4.79 Å². The Hall–Kier alpha value is -1.51. The predicted octanol–water partition coefficient (Wildman–Crippen LogP) is 3.33. The number of carbonyl (C=O) groups excluding carboxylic acids is 1. The smallest absolute Gasteiger partial charge is 0.404 e. The van der Waals surface area contributed by atoms with Crippen LogP contribution in [0, 0.1) is 0 Å². The molecular formula is C12H21NO2. The van der Waals surface area contributed by atoms with Crippen LogP contribution in [-0.4, -0.2) is 6.09 Å². The van der Waals surface area contributed by atoms with E-state index in [-0.39, 0.29) is 8.03 Å². The second kappa shape index (κ2) is 9.06. The molecule has 1 rings (SSSR count). The number of ether oxygens (including phenoxy) is 1. The minimum Gasteiger partial charge on any atom is -0.445 e. The van der Waals surface area contributed by atoms with Crippen LogP contribution in [0.25, 0.3) is 0 Å². The number of benzene rings is 1. The van der Waals surface area contributed by atoms with Gasteiger partial charge in [-0.3, -0.25) is 0 Å². The van der Waals surface area contributed by atoms with E-state index in [0.29, 0.717) is 0 Å². The minimum absolute atomic E-state index is 0. The zero-order valence-electron chi connectivity index (χ0n) is 9.40. The van der Waals surface area contributed by atoms with Crippen LogP contribution in [0.2, 0.25) is 0 Å². The molecule has 0 radical (unpaired) electrons. The molecule has 0 fully saturated rings. The van der Waals surface area contributed by atoms with Gasteiger partial charge < -0.3 is 10.5 Å². The zero-order chi connectivity index (χ0) is 11.5. The highest BCUT2D eigenvalue weighted by Crippen LogP contribution is 1.99. The zero-order valence-corrected chi connectivity index (χ0v) is 9.40. The lowest BCUT2D eigenvalue weighted by molar-refractivity contribution is 0.150. The molecule has 0 saturated heterocycles. The maximum absolute atomic E-state index is 10.2. The highest BCUT2D eigenvalue weighted by atomic mass is 16.5. The molecule has 0 aliphatic rings. The summed E-state index contributed by atoms with van der Waals surface area (Å²) in [6.45, 7) is 4.61. The number of primary amides is 1. The van der Waals surface area contributed by atoms with Crippen molar-refractivity contribution < 1.29 is 11.0 Å². The summed E-state index contributed by atoms with van der Waals surface area (Å²) in [5.41, 5.74) is 5.72. The van der Waals surface area contributed by atoms with Crippen LogP contribution in [-0.2, 0) is 11.3 Å². The normalized spacial score (nSPS) is 8.67. The quantitative estimate of drug-likeness (QED) is 0.833. The molecule has 1 aromatic rings. The maximum atomic E-state index is 10.2. The van der Waals surface area contributed by atoms with Crippen molar-refractivity contribution in [1.29, 1.82) is 0 Å². The molecule has 0 bridgehead atoms. The van der Waals surface area contributed by atoms with E-state index in [1.54, 1.807) is 0 Å². The molecule has 1 amide bonds. The molecule has 15 heavy (non-hydrogen) atoms. The van der Waals surface area contributed by atoms with E-state index in [2.05, 4.69) is 18.6 Å². The Bertz CT molecular complexity index is 263. The van der Waals surface area contributed by atoms with Crippen molar-refractivity contribution >= 4 is 6.09 Å². The average Bonchev–Trinajstić information content (AvgIpc) is 2.28. The molecule has 3 heteroatoms. The maximum Gasteiger partial charge on any atom is 0.404 e. The number of hydrogen-bond acceptors (Lipinski definition) is 2. The van der Waals surface area contributed by atoms with E-state index in [0.717, 1.165) is 5.56 Å². The Morgan fingerprint density at radius 3 is 2.20 bits per heavy atom. The number of hydrogen-bond donors (Lipinski definition) is 1. The summed E-state index contributed by atoms with van der Waals surface area (Å²) in [4.78, 5) is 10.2. The fourth-order valence-electron chi connectivity index (χ4n) is 0.729. The van der Waals surface area contributed by atoms with E-state index in [1.165, 1.54) is 12.8 Å². The first kappa shape index (κ1) is 13.5. The van der Waals surface area contributed by atoms with Gasteiger partial charge in [0.2, 0.25) is 0 Å². The molecule has 0 aromatic heterocycles. The van der Waals surface area contributed by atoms with E-state index < -0.39 is 6.09 Å². The second-order valence-electron chi connectivity index (χ2n) is 3.09. The minimum atomic E-state index is -0.742. The molecular weight excluding hydrogens is 190 g/mol. The predicted molar refractivity (Wildman–Crippen MR) is 63.5 cm³/mol. The highest BCUT2D eigenvalue weighted by Gasteiger charge is 1.93. The van der Waals surface area contributed by atoms with Gasteiger partial charge in [0, 0.05) is 1.43 Å². The summed E-state index contributed by atoms with van der Waals surface area (Å²) in [6.07, 6.45) is 1.90. The number of carbonyl (C=O) groups is 1. The molecule has 86 valence electrons. The van der Waals surface area contributed by atoms with Gasteiger partial charge in [-0.1, -0.05) is 57.0 Å². The number of rotatable bonds is 3. The monoisotopic (exact) mass is 211 g/mol. The first-order valence-electron chi connectivity index (χ1n) is 5.16. The summed E-state index contributed by atoms with van der Waals surface area (Å²) in [7, 11) is 0. The van der Waals surface area contributed by atoms with Crippen LogP contribution < -0.4 is 5.73 Å². The van der Waals surface area contributed by atoms with Gasteiger partial charge in [-0.25, -0.2) is 4.79 Å². The molecule has 0 heterocycles. The van der Waals surface area contributed by atoms with Crippen LogP contribution in [0.3, 0.4) is 0 Å². The molecule has 0 unspecified atom stereocenters. The van der Waals surface area contributed by atoms with Gasteiger partial charge in [0.15, 0.2) is 0 Å². The van der Waals surface area contributed by atoms with Crippen molar-refractivity contribution in [2.24, 2.45) is 5.73 Å². The van der Waals surface area contributed by atoms with Crippen molar-refractivity contribution in [3.8, 4) is 0 Å². The van der Waals surface area contributed by atoms with Gasteiger partial charge in [-0.15, -0.1) is 0 Å². The Kier molecular flexibility index (Phi) is 8.15. The van der Waals surface area contributed by atoms with Gasteiger partial charge in [0.25, 0.3) is 0 Å². The van der Waals surface area contributed by atoms with E-state index in [1.807, 2.05) is 30.3 Å². The lowest BCUT2D eigenvalue weighted by atomic mass is 10.2. The largest absolute Gasteiger partial charge is 0.445 e. The van der Waals surface area contributed by atoms with Crippen molar-refractivity contribution in [3.05, 3.63) is 35.9 Å². The summed E-state index contributed by atoms with van der Waals surface area (Å²) in [5, 5.41) is 0. The van der Waals surface area contributed by atoms with Crippen LogP contribution in [0.5, 0.6) is 0 Å². The molecule has 2 N–H and O–H groups in total. The van der Waals surface area contributed by atoms with Crippen LogP contribution in [0.15, 0.2) is 30.3 Å². The van der Waals surface area contributed by atoms with Gasteiger partial charge in [-0.2, -0.15) is 0 Å². The van der Waals surface area contributed by atoms with Crippen LogP contribution in [0.1, 0.15) is 33.7 Å². The molecule has 0 saturated carbocycles. The van der Waals surface area contributed by atoms with Gasteiger partial charge >= 0.3 is 6.09 Å². The third kappa shape index (κ3) is 8.81. The SMILES string of the molecule is CCCC.NC(=O)OCc1ccccc1.[HH]. The van der Waals surface area contributed by atoms with E-state index in [9.17, 15) is 4.79 Å². The fourth-order valence-corrected chi connectivity index (χ4v) is 0.729. The molecule has 0 aliphatic carbocycles. The lowest BCUT2D eigenvalue weighted by Gasteiger charge is -1.99. The fraction of sp³-hybridized carbons (Fsp3) is 0.417. The van der Waals surface area contributed by atoms with Crippen molar-refractivity contribution in [3.63, 3.8) is 0 Å². The number of amides is 1. The van der Waals surface area contributed by atoms with Crippen molar-refractivity contribution in [2.45, 2.75) is 33.3 Å². The van der Waals surface area contributed by atoms with Crippen molar-refractivity contribution in [2.75, 3.05) is 0 Å². The topological polar surface area (TPSA) is 52.3 Å². The molecule has 0 spiro atoms. The third-order valence-corrected chi connectivity index (χ3v) is 1.72.